The summed E-state index contributed by atoms with van der Waals surface area (Å²) in [7, 11) is 0. The number of benzene rings is 9. The first-order valence-electron chi connectivity index (χ1n) is 19.7. The molecule has 0 saturated heterocycles. The van der Waals surface area contributed by atoms with Crippen LogP contribution in [0.25, 0.3) is 49.4 Å². The van der Waals surface area contributed by atoms with Crippen LogP contribution in [0.5, 0.6) is 11.5 Å². The van der Waals surface area contributed by atoms with Crippen molar-refractivity contribution in [2.75, 3.05) is 4.90 Å². The van der Waals surface area contributed by atoms with E-state index in [9.17, 15) is 0 Å². The lowest BCUT2D eigenvalue weighted by molar-refractivity contribution is 0.441. The Balaban J connectivity index is 1.14. The van der Waals surface area contributed by atoms with E-state index in [2.05, 4.69) is 217 Å². The first-order valence-corrected chi connectivity index (χ1v) is 19.7. The van der Waals surface area contributed by atoms with E-state index in [4.69, 9.17) is 4.74 Å². The molecule has 1 aromatic heterocycles. The van der Waals surface area contributed by atoms with E-state index < -0.39 is 5.41 Å². The average Bonchev–Trinajstić information content (AvgIpc) is 3.75. The number of rotatable bonds is 4. The second-order valence-electron chi connectivity index (χ2n) is 15.3. The number of para-hydroxylation sites is 4. The van der Waals surface area contributed by atoms with Crippen LogP contribution in [0.4, 0.5) is 17.1 Å². The van der Waals surface area contributed by atoms with Crippen molar-refractivity contribution >= 4 is 49.6 Å². The van der Waals surface area contributed by atoms with Gasteiger partial charge in [-0.1, -0.05) is 140 Å². The van der Waals surface area contributed by atoms with Crippen LogP contribution in [0.15, 0.2) is 200 Å². The number of aromatic nitrogens is 1. The molecular weight excluding hydrogens is 693 g/mol. The summed E-state index contributed by atoms with van der Waals surface area (Å²) >= 11 is 0. The fourth-order valence-electron chi connectivity index (χ4n) is 9.95. The third kappa shape index (κ3) is 4.42. The molecule has 0 N–H and O–H groups in total. The zero-order chi connectivity index (χ0) is 37.7. The molecule has 9 aromatic carbocycles. The minimum absolute atomic E-state index is 0.597. The average molecular weight is 729 g/mol. The van der Waals surface area contributed by atoms with Crippen molar-refractivity contribution < 1.29 is 4.74 Å². The molecule has 2 aliphatic rings. The van der Waals surface area contributed by atoms with Gasteiger partial charge in [0.2, 0.25) is 0 Å². The van der Waals surface area contributed by atoms with Crippen LogP contribution >= 0.6 is 0 Å². The molecule has 2 heterocycles. The first kappa shape index (κ1) is 31.9. The Labute approximate surface area is 331 Å². The highest BCUT2D eigenvalue weighted by atomic mass is 16.5. The topological polar surface area (TPSA) is 17.4 Å². The predicted octanol–water partition coefficient (Wildman–Crippen LogP) is 14.2. The summed E-state index contributed by atoms with van der Waals surface area (Å²) in [6.45, 7) is 2.21. The number of nitrogens with zero attached hydrogens (tertiary/aromatic N) is 2. The van der Waals surface area contributed by atoms with Gasteiger partial charge in [0.15, 0.2) is 0 Å². The zero-order valence-corrected chi connectivity index (χ0v) is 31.4. The maximum absolute atomic E-state index is 6.94. The van der Waals surface area contributed by atoms with Crippen LogP contribution in [-0.2, 0) is 5.41 Å². The van der Waals surface area contributed by atoms with Crippen molar-refractivity contribution in [2.24, 2.45) is 0 Å². The van der Waals surface area contributed by atoms with Gasteiger partial charge in [0.25, 0.3) is 0 Å². The van der Waals surface area contributed by atoms with Gasteiger partial charge in [-0.15, -0.1) is 0 Å². The normalized spacial score (nSPS) is 15.0. The fourth-order valence-corrected chi connectivity index (χ4v) is 9.95. The number of ether oxygens (including phenoxy) is 1. The maximum Gasteiger partial charge on any atom is 0.140 e. The van der Waals surface area contributed by atoms with Crippen molar-refractivity contribution in [3.05, 3.63) is 228 Å². The summed E-state index contributed by atoms with van der Waals surface area (Å²) in [5.41, 5.74) is 14.9. The first-order chi connectivity index (χ1) is 28.2. The van der Waals surface area contributed by atoms with E-state index in [1.54, 1.807) is 0 Å². The third-order valence-electron chi connectivity index (χ3n) is 12.4. The van der Waals surface area contributed by atoms with E-state index >= 15 is 0 Å². The summed E-state index contributed by atoms with van der Waals surface area (Å²) in [6, 6.07) is 73.0. The number of hydrogen-bond acceptors (Lipinski definition) is 2. The lowest BCUT2D eigenvalue weighted by Gasteiger charge is -2.40. The number of anilines is 3. The summed E-state index contributed by atoms with van der Waals surface area (Å²) < 4.78 is 9.32. The lowest BCUT2D eigenvalue weighted by Crippen LogP contribution is -2.32. The highest BCUT2D eigenvalue weighted by molar-refractivity contribution is 6.11. The molecule has 0 radical (unpaired) electrons. The molecule has 1 spiro atoms. The Morgan fingerprint density at radius 3 is 2.02 bits per heavy atom. The SMILES string of the molecule is Cc1ccccc1N(c1ccc2c(c1)C1(c3ccccc3Oc3c1ccc1ccccc31)c1ccccc1-2)c1ccc2c(c1)c1ccccc1n2-c1ccccc1. The molecule has 0 bridgehead atoms. The molecule has 12 rings (SSSR count). The van der Waals surface area contributed by atoms with E-state index in [1.807, 2.05) is 0 Å². The molecular formula is C54H36N2O. The molecule has 57 heavy (non-hydrogen) atoms. The van der Waals surface area contributed by atoms with Crippen LogP contribution in [0.3, 0.4) is 0 Å². The molecule has 268 valence electrons. The van der Waals surface area contributed by atoms with Crippen molar-refractivity contribution in [1.29, 1.82) is 0 Å². The van der Waals surface area contributed by atoms with Crippen LogP contribution in [0.2, 0.25) is 0 Å². The molecule has 1 atom stereocenters. The third-order valence-corrected chi connectivity index (χ3v) is 12.4. The summed E-state index contributed by atoms with van der Waals surface area (Å²) in [5.74, 6) is 1.82. The molecule has 1 unspecified atom stereocenters. The lowest BCUT2D eigenvalue weighted by atomic mass is 9.65. The zero-order valence-electron chi connectivity index (χ0n) is 31.4. The van der Waals surface area contributed by atoms with Gasteiger partial charge in [0.1, 0.15) is 11.5 Å². The van der Waals surface area contributed by atoms with Gasteiger partial charge in [-0.25, -0.2) is 0 Å². The smallest absolute Gasteiger partial charge is 0.140 e. The van der Waals surface area contributed by atoms with Crippen molar-refractivity contribution in [2.45, 2.75) is 12.3 Å². The maximum atomic E-state index is 6.94. The van der Waals surface area contributed by atoms with Gasteiger partial charge in [0.05, 0.1) is 16.4 Å². The standard InChI is InChI=1S/C54H36N2O/c1-35-15-5-12-24-49(35)55(38-29-32-51-44(33-38)43-21-9-13-25-50(43)56(51)37-17-3-2-4-18-37)39-28-30-42-41-20-8-10-22-45(41)54(48(42)34-39)46-23-11-14-26-52(46)57-53-40-19-7-6-16-36(40)27-31-47(53)54/h2-34H,1H3. The molecule has 3 nitrogen and oxygen atoms in total. The molecule has 1 aliphatic carbocycles. The Hall–Kier alpha value is -7.36. The Morgan fingerprint density at radius 1 is 0.456 bits per heavy atom. The van der Waals surface area contributed by atoms with Gasteiger partial charge < -0.3 is 14.2 Å². The number of hydrogen-bond donors (Lipinski definition) is 0. The summed E-state index contributed by atoms with van der Waals surface area (Å²) in [4.78, 5) is 2.45. The largest absolute Gasteiger partial charge is 0.456 e. The second-order valence-corrected chi connectivity index (χ2v) is 15.3. The number of fused-ring (bicyclic) bond motifs is 14. The van der Waals surface area contributed by atoms with Gasteiger partial charge in [-0.2, -0.15) is 0 Å². The Morgan fingerprint density at radius 2 is 1.12 bits per heavy atom. The molecule has 3 heteroatoms. The molecule has 1 aliphatic heterocycles. The van der Waals surface area contributed by atoms with Crippen molar-refractivity contribution in [3.63, 3.8) is 0 Å². The predicted molar refractivity (Wildman–Crippen MR) is 235 cm³/mol. The number of aryl methyl sites for hydroxylation is 1. The molecule has 10 aromatic rings. The van der Waals surface area contributed by atoms with Crippen LogP contribution in [-0.4, -0.2) is 4.57 Å². The Bertz CT molecular complexity index is 3250. The molecule has 0 fully saturated rings. The monoisotopic (exact) mass is 728 g/mol. The van der Waals surface area contributed by atoms with E-state index in [0.717, 1.165) is 45.2 Å². The molecule has 0 saturated carbocycles. The highest BCUT2D eigenvalue weighted by Crippen LogP contribution is 2.63. The van der Waals surface area contributed by atoms with E-state index in [0.29, 0.717) is 0 Å². The van der Waals surface area contributed by atoms with Gasteiger partial charge in [-0.05, 0) is 101 Å². The van der Waals surface area contributed by atoms with Crippen molar-refractivity contribution in [1.82, 2.24) is 4.57 Å². The minimum atomic E-state index is -0.597. The Kier molecular flexibility index (Phi) is 6.76. The van der Waals surface area contributed by atoms with Gasteiger partial charge in [-0.3, -0.25) is 0 Å². The van der Waals surface area contributed by atoms with E-state index in [1.165, 1.54) is 60.6 Å². The van der Waals surface area contributed by atoms with Gasteiger partial charge in [0, 0.05) is 50.0 Å². The van der Waals surface area contributed by atoms with E-state index in [-0.39, 0.29) is 0 Å². The quantitative estimate of drug-likeness (QED) is 0.180. The molecule has 0 amide bonds. The van der Waals surface area contributed by atoms with Gasteiger partial charge >= 0.3 is 0 Å². The summed E-state index contributed by atoms with van der Waals surface area (Å²) in [5, 5.41) is 4.74. The van der Waals surface area contributed by atoms with Crippen LogP contribution in [0, 0.1) is 6.92 Å². The van der Waals surface area contributed by atoms with Crippen molar-refractivity contribution in [3.8, 4) is 28.3 Å². The highest BCUT2D eigenvalue weighted by Gasteiger charge is 2.51. The van der Waals surface area contributed by atoms with Crippen LogP contribution < -0.4 is 9.64 Å². The summed E-state index contributed by atoms with van der Waals surface area (Å²) in [6.07, 6.45) is 0. The van der Waals surface area contributed by atoms with Crippen LogP contribution in [0.1, 0.15) is 27.8 Å². The fraction of sp³-hybridized carbons (Fsp3) is 0.0370. The minimum Gasteiger partial charge on any atom is -0.456 e. The second kappa shape index (κ2) is 12.1.